The van der Waals surface area contributed by atoms with Gasteiger partial charge in [0.05, 0.1) is 5.52 Å². The highest BCUT2D eigenvalue weighted by atomic mass is 16.1. The van der Waals surface area contributed by atoms with E-state index in [9.17, 15) is 4.79 Å². The van der Waals surface area contributed by atoms with Crippen LogP contribution in [0.4, 0.5) is 0 Å². The van der Waals surface area contributed by atoms with Crippen LogP contribution in [-0.2, 0) is 11.8 Å². The Morgan fingerprint density at radius 1 is 0.917 bits per heavy atom. The summed E-state index contributed by atoms with van der Waals surface area (Å²) in [7, 11) is 0. The van der Waals surface area contributed by atoms with Crippen LogP contribution in [0.2, 0.25) is 0 Å². The van der Waals surface area contributed by atoms with E-state index in [0.717, 1.165) is 35.0 Å². The summed E-state index contributed by atoms with van der Waals surface area (Å²) in [5.74, 6) is 0.289. The number of rotatable bonds is 1. The zero-order valence-electron chi connectivity index (χ0n) is 14.6. The zero-order chi connectivity index (χ0) is 16.9. The van der Waals surface area contributed by atoms with Crippen molar-refractivity contribution >= 4 is 16.7 Å². The van der Waals surface area contributed by atoms with Gasteiger partial charge in [0.1, 0.15) is 0 Å². The summed E-state index contributed by atoms with van der Waals surface area (Å²) in [5, 5.41) is 1.09. The van der Waals surface area contributed by atoms with Crippen molar-refractivity contribution < 1.29 is 4.79 Å². The summed E-state index contributed by atoms with van der Waals surface area (Å²) in [6, 6.07) is 17.1. The minimum absolute atomic E-state index is 0.146. The fourth-order valence-corrected chi connectivity index (χ4v) is 3.79. The fraction of sp³-hybridized carbons (Fsp3) is 0.318. The second-order valence-electron chi connectivity index (χ2n) is 7.75. The molecule has 0 radical (unpaired) electrons. The van der Waals surface area contributed by atoms with Crippen molar-refractivity contribution in [1.82, 2.24) is 4.57 Å². The monoisotopic (exact) mass is 317 g/mol. The molecule has 0 amide bonds. The van der Waals surface area contributed by atoms with Gasteiger partial charge in [-0.25, -0.2) is 0 Å². The van der Waals surface area contributed by atoms with Crippen molar-refractivity contribution in [2.24, 2.45) is 0 Å². The molecule has 122 valence electrons. The SMILES string of the molecule is CC(C)(C)c1ccc(-n2c3c(c4ccccc42)C(=O)CCC3)cc1. The van der Waals surface area contributed by atoms with E-state index in [0.29, 0.717) is 6.42 Å². The van der Waals surface area contributed by atoms with Crippen molar-refractivity contribution in [1.29, 1.82) is 0 Å². The van der Waals surface area contributed by atoms with Gasteiger partial charge in [0.15, 0.2) is 5.78 Å². The fourth-order valence-electron chi connectivity index (χ4n) is 3.79. The molecule has 2 aromatic carbocycles. The molecule has 0 bridgehead atoms. The summed E-state index contributed by atoms with van der Waals surface area (Å²) in [5.41, 5.74) is 5.88. The number of carbonyl (C=O) groups excluding carboxylic acids is 1. The molecule has 1 aliphatic rings. The third-order valence-corrected chi connectivity index (χ3v) is 5.06. The first-order valence-corrected chi connectivity index (χ1v) is 8.73. The Labute approximate surface area is 143 Å². The molecule has 1 aliphatic carbocycles. The van der Waals surface area contributed by atoms with E-state index in [1.807, 2.05) is 6.07 Å². The standard InChI is InChI=1S/C22H23NO/c1-22(2,3)15-11-13-16(14-12-15)23-18-8-5-4-7-17(18)21-19(23)9-6-10-20(21)24/h4-5,7-8,11-14H,6,9-10H2,1-3H3. The number of fused-ring (bicyclic) bond motifs is 3. The van der Waals surface area contributed by atoms with Crippen molar-refractivity contribution in [2.45, 2.75) is 45.4 Å². The number of hydrogen-bond acceptors (Lipinski definition) is 1. The Balaban J connectivity index is 1.96. The van der Waals surface area contributed by atoms with Gasteiger partial charge in [0, 0.05) is 28.8 Å². The number of Topliss-reactive ketones (excluding diaryl/α,β-unsaturated/α-hetero) is 1. The molecule has 1 aromatic heterocycles. The Morgan fingerprint density at radius 2 is 1.62 bits per heavy atom. The van der Waals surface area contributed by atoms with Crippen LogP contribution in [0.5, 0.6) is 0 Å². The Hall–Kier alpha value is -2.35. The third-order valence-electron chi connectivity index (χ3n) is 5.06. The van der Waals surface area contributed by atoms with Crippen molar-refractivity contribution in [2.75, 3.05) is 0 Å². The second-order valence-corrected chi connectivity index (χ2v) is 7.75. The highest BCUT2D eigenvalue weighted by Gasteiger charge is 2.26. The maximum Gasteiger partial charge on any atom is 0.165 e. The van der Waals surface area contributed by atoms with Gasteiger partial charge in [-0.3, -0.25) is 4.79 Å². The second kappa shape index (κ2) is 5.34. The molecule has 2 heteroatoms. The number of ketones is 1. The van der Waals surface area contributed by atoms with Crippen molar-refractivity contribution in [3.63, 3.8) is 0 Å². The van der Waals surface area contributed by atoms with Crippen LogP contribution in [0.3, 0.4) is 0 Å². The number of benzene rings is 2. The minimum atomic E-state index is 0.146. The van der Waals surface area contributed by atoms with Gasteiger partial charge in [-0.2, -0.15) is 0 Å². The first-order valence-electron chi connectivity index (χ1n) is 8.73. The predicted octanol–water partition coefficient (Wildman–Crippen LogP) is 5.45. The van der Waals surface area contributed by atoms with Gasteiger partial charge in [-0.15, -0.1) is 0 Å². The Morgan fingerprint density at radius 3 is 2.33 bits per heavy atom. The molecule has 0 saturated heterocycles. The summed E-state index contributed by atoms with van der Waals surface area (Å²) in [4.78, 5) is 12.5. The maximum atomic E-state index is 12.5. The van der Waals surface area contributed by atoms with Gasteiger partial charge >= 0.3 is 0 Å². The molecule has 0 saturated carbocycles. The molecule has 0 atom stereocenters. The van der Waals surface area contributed by atoms with Gasteiger partial charge in [-0.05, 0) is 42.0 Å². The molecule has 2 nitrogen and oxygen atoms in total. The molecule has 0 fully saturated rings. The molecule has 1 heterocycles. The Bertz CT molecular complexity index is 923. The number of hydrogen-bond donors (Lipinski definition) is 0. The highest BCUT2D eigenvalue weighted by Crippen LogP contribution is 2.35. The van der Waals surface area contributed by atoms with Crippen LogP contribution in [0.1, 0.15) is 55.2 Å². The molecule has 0 unspecified atom stereocenters. The first-order chi connectivity index (χ1) is 11.5. The van der Waals surface area contributed by atoms with Crippen molar-refractivity contribution in [3.8, 4) is 5.69 Å². The average Bonchev–Trinajstić information content (AvgIpc) is 2.90. The van der Waals surface area contributed by atoms with Crippen LogP contribution in [0.15, 0.2) is 48.5 Å². The molecular formula is C22H23NO. The van der Waals surface area contributed by atoms with Crippen molar-refractivity contribution in [3.05, 3.63) is 65.4 Å². The van der Waals surface area contributed by atoms with Gasteiger partial charge in [0.2, 0.25) is 0 Å². The van der Waals surface area contributed by atoms with E-state index in [1.165, 1.54) is 11.3 Å². The van der Waals surface area contributed by atoms with Crippen LogP contribution < -0.4 is 0 Å². The summed E-state index contributed by atoms with van der Waals surface area (Å²) >= 11 is 0. The lowest BCUT2D eigenvalue weighted by Gasteiger charge is -2.20. The summed E-state index contributed by atoms with van der Waals surface area (Å²) < 4.78 is 2.29. The van der Waals surface area contributed by atoms with Crippen LogP contribution >= 0.6 is 0 Å². The molecule has 0 aliphatic heterocycles. The number of aromatic nitrogens is 1. The Kier molecular flexibility index (Phi) is 3.38. The molecular weight excluding hydrogens is 294 g/mol. The van der Waals surface area contributed by atoms with Gasteiger partial charge in [0.25, 0.3) is 0 Å². The number of para-hydroxylation sites is 1. The van der Waals surface area contributed by atoms with E-state index in [2.05, 4.69) is 67.8 Å². The van der Waals surface area contributed by atoms with E-state index < -0.39 is 0 Å². The van der Waals surface area contributed by atoms with E-state index >= 15 is 0 Å². The number of nitrogens with zero attached hydrogens (tertiary/aromatic N) is 1. The lowest BCUT2D eigenvalue weighted by molar-refractivity contribution is 0.0973. The smallest absolute Gasteiger partial charge is 0.165 e. The predicted molar refractivity (Wildman–Crippen MR) is 99.2 cm³/mol. The van der Waals surface area contributed by atoms with Crippen LogP contribution in [0, 0.1) is 0 Å². The number of carbonyl (C=O) groups is 1. The lowest BCUT2D eigenvalue weighted by atomic mass is 9.87. The topological polar surface area (TPSA) is 22.0 Å². The molecule has 0 N–H and O–H groups in total. The lowest BCUT2D eigenvalue weighted by Crippen LogP contribution is -2.13. The highest BCUT2D eigenvalue weighted by molar-refractivity contribution is 6.10. The third kappa shape index (κ3) is 2.29. The molecule has 0 spiro atoms. The van der Waals surface area contributed by atoms with E-state index in [1.54, 1.807) is 0 Å². The molecule has 4 rings (SSSR count). The van der Waals surface area contributed by atoms with E-state index in [-0.39, 0.29) is 11.2 Å². The average molecular weight is 317 g/mol. The van der Waals surface area contributed by atoms with Gasteiger partial charge < -0.3 is 4.57 Å². The van der Waals surface area contributed by atoms with Crippen LogP contribution in [-0.4, -0.2) is 10.4 Å². The zero-order valence-corrected chi connectivity index (χ0v) is 14.6. The summed E-state index contributed by atoms with van der Waals surface area (Å²) in [6.45, 7) is 6.69. The quantitative estimate of drug-likeness (QED) is 0.585. The first kappa shape index (κ1) is 15.2. The maximum absolute atomic E-state index is 12.5. The molecule has 24 heavy (non-hydrogen) atoms. The summed E-state index contributed by atoms with van der Waals surface area (Å²) in [6.07, 6.45) is 2.59. The molecule has 3 aromatic rings. The normalized spacial score (nSPS) is 14.9. The van der Waals surface area contributed by atoms with Gasteiger partial charge in [-0.1, -0.05) is 51.1 Å². The minimum Gasteiger partial charge on any atom is -0.313 e. The largest absolute Gasteiger partial charge is 0.313 e. The van der Waals surface area contributed by atoms with Crippen LogP contribution in [0.25, 0.3) is 16.6 Å². The van der Waals surface area contributed by atoms with E-state index in [4.69, 9.17) is 0 Å².